The van der Waals surface area contributed by atoms with Crippen molar-refractivity contribution < 1.29 is 13.5 Å². The molecular formula is C25H28FN9O3. The molecule has 13 heteroatoms. The molecule has 0 atom stereocenters. The van der Waals surface area contributed by atoms with E-state index in [1.165, 1.54) is 16.6 Å². The Bertz CT molecular complexity index is 1610. The molecule has 198 valence electrons. The van der Waals surface area contributed by atoms with Crippen molar-refractivity contribution in [3.63, 3.8) is 0 Å². The van der Waals surface area contributed by atoms with Crippen LogP contribution in [-0.2, 0) is 17.8 Å². The van der Waals surface area contributed by atoms with E-state index >= 15 is 0 Å². The largest absolute Gasteiger partial charge is 0.461 e. The van der Waals surface area contributed by atoms with Crippen LogP contribution in [0.3, 0.4) is 0 Å². The van der Waals surface area contributed by atoms with E-state index in [0.29, 0.717) is 54.6 Å². The Labute approximate surface area is 216 Å². The summed E-state index contributed by atoms with van der Waals surface area (Å²) in [6.07, 6.45) is 1.54. The van der Waals surface area contributed by atoms with Crippen LogP contribution in [0.15, 0.2) is 51.9 Å². The molecule has 1 aliphatic heterocycles. The number of anilines is 2. The summed E-state index contributed by atoms with van der Waals surface area (Å²) in [5, 5.41) is 4.46. The molecule has 12 nitrogen and oxygen atoms in total. The fourth-order valence-electron chi connectivity index (χ4n) is 4.92. The van der Waals surface area contributed by atoms with E-state index in [1.54, 1.807) is 46.8 Å². The van der Waals surface area contributed by atoms with Crippen molar-refractivity contribution >= 4 is 28.4 Å². The van der Waals surface area contributed by atoms with Crippen LogP contribution in [0.4, 0.5) is 16.0 Å². The lowest BCUT2D eigenvalue weighted by Crippen LogP contribution is -2.47. The van der Waals surface area contributed by atoms with Crippen LogP contribution >= 0.6 is 0 Å². The summed E-state index contributed by atoms with van der Waals surface area (Å²) in [5.74, 6) is 0.737. The molecule has 2 N–H and O–H groups in total. The predicted octanol–water partition coefficient (Wildman–Crippen LogP) is 1.69. The highest BCUT2D eigenvalue weighted by Gasteiger charge is 2.24. The Morgan fingerprint density at radius 2 is 1.79 bits per heavy atom. The molecule has 5 aromatic rings. The number of furan rings is 1. The quantitative estimate of drug-likeness (QED) is 0.325. The van der Waals surface area contributed by atoms with Gasteiger partial charge in [-0.15, -0.1) is 5.10 Å². The zero-order chi connectivity index (χ0) is 26.2. The molecule has 1 fully saturated rings. The number of imidazole rings is 1. The monoisotopic (exact) mass is 521 g/mol. The molecule has 0 aliphatic carbocycles. The Balaban J connectivity index is 1.29. The molecule has 5 heterocycles. The van der Waals surface area contributed by atoms with E-state index < -0.39 is 0 Å². The molecule has 4 aromatic heterocycles. The molecule has 1 aromatic carbocycles. The number of nitrogens with two attached hydrogens (primary N) is 1. The highest BCUT2D eigenvalue weighted by Crippen LogP contribution is 2.24. The summed E-state index contributed by atoms with van der Waals surface area (Å²) in [4.78, 5) is 27.3. The molecule has 0 saturated carbocycles. The van der Waals surface area contributed by atoms with Crippen LogP contribution in [0.1, 0.15) is 0 Å². The summed E-state index contributed by atoms with van der Waals surface area (Å²) in [6, 6.07) is 10.1. The van der Waals surface area contributed by atoms with Crippen molar-refractivity contribution in [1.82, 2.24) is 33.6 Å². The third-order valence-corrected chi connectivity index (χ3v) is 6.92. The molecular weight excluding hydrogens is 493 g/mol. The van der Waals surface area contributed by atoms with E-state index in [-0.39, 0.29) is 17.5 Å². The van der Waals surface area contributed by atoms with Gasteiger partial charge in [0.15, 0.2) is 17.1 Å². The number of ether oxygens (including phenoxy) is 1. The van der Waals surface area contributed by atoms with Crippen molar-refractivity contribution in [2.45, 2.75) is 13.1 Å². The molecule has 6 rings (SSSR count). The molecule has 0 radical (unpaired) electrons. The van der Waals surface area contributed by atoms with Crippen LogP contribution in [0.5, 0.6) is 0 Å². The lowest BCUT2D eigenvalue weighted by atomic mass is 10.2. The van der Waals surface area contributed by atoms with Gasteiger partial charge in [0.2, 0.25) is 11.8 Å². The molecule has 0 spiro atoms. The summed E-state index contributed by atoms with van der Waals surface area (Å²) in [6.45, 7) is 5.06. The van der Waals surface area contributed by atoms with Crippen LogP contribution in [0, 0.1) is 5.82 Å². The van der Waals surface area contributed by atoms with Crippen molar-refractivity contribution in [3.05, 3.63) is 59.0 Å². The fraction of sp³-hybridized carbons (Fsp3) is 0.360. The minimum absolute atomic E-state index is 0.128. The first-order valence-corrected chi connectivity index (χ1v) is 12.4. The summed E-state index contributed by atoms with van der Waals surface area (Å²) >= 11 is 0. The van der Waals surface area contributed by atoms with Gasteiger partial charge in [-0.25, -0.2) is 14.2 Å². The number of nitrogens with zero attached hydrogens (tertiary/aromatic N) is 8. The summed E-state index contributed by atoms with van der Waals surface area (Å²) < 4.78 is 28.7. The Morgan fingerprint density at radius 3 is 2.50 bits per heavy atom. The number of hydrogen-bond donors (Lipinski definition) is 1. The van der Waals surface area contributed by atoms with Gasteiger partial charge < -0.3 is 19.8 Å². The maximum Gasteiger partial charge on any atom is 0.330 e. The second kappa shape index (κ2) is 9.91. The third kappa shape index (κ3) is 4.29. The van der Waals surface area contributed by atoms with Gasteiger partial charge in [0, 0.05) is 52.1 Å². The van der Waals surface area contributed by atoms with Crippen LogP contribution in [-0.4, -0.2) is 80.1 Å². The Kier molecular flexibility index (Phi) is 6.29. The maximum atomic E-state index is 13.6. The zero-order valence-corrected chi connectivity index (χ0v) is 21.0. The Hall–Kier alpha value is -4.23. The van der Waals surface area contributed by atoms with Gasteiger partial charge in [-0.05, 0) is 36.4 Å². The first kappa shape index (κ1) is 24.1. The lowest BCUT2D eigenvalue weighted by Gasteiger charge is -2.36. The first-order valence-electron chi connectivity index (χ1n) is 12.4. The van der Waals surface area contributed by atoms with E-state index in [0.717, 1.165) is 31.9 Å². The number of halogens is 1. The highest BCUT2D eigenvalue weighted by atomic mass is 19.1. The number of nitrogen functional groups attached to an aromatic ring is 1. The molecule has 38 heavy (non-hydrogen) atoms. The molecule has 1 saturated heterocycles. The number of fused-ring (bicyclic) bond motifs is 3. The van der Waals surface area contributed by atoms with Crippen LogP contribution < -0.4 is 16.3 Å². The van der Waals surface area contributed by atoms with Gasteiger partial charge in [-0.3, -0.25) is 14.0 Å². The lowest BCUT2D eigenvalue weighted by molar-refractivity contribution is 0.187. The zero-order valence-electron chi connectivity index (χ0n) is 21.0. The molecule has 1 aliphatic rings. The highest BCUT2D eigenvalue weighted by molar-refractivity contribution is 5.88. The molecule has 0 bridgehead atoms. The summed E-state index contributed by atoms with van der Waals surface area (Å²) in [7, 11) is 1.59. The maximum absolute atomic E-state index is 13.6. The van der Waals surface area contributed by atoms with Gasteiger partial charge in [0.05, 0.1) is 19.4 Å². The third-order valence-electron chi connectivity index (χ3n) is 6.92. The number of hydrogen-bond acceptors (Lipinski definition) is 9. The molecule has 0 unspecified atom stereocenters. The fourth-order valence-corrected chi connectivity index (χ4v) is 4.92. The predicted molar refractivity (Wildman–Crippen MR) is 140 cm³/mol. The molecule has 0 amide bonds. The topological polar surface area (TPSA) is 125 Å². The van der Waals surface area contributed by atoms with Crippen LogP contribution in [0.25, 0.3) is 28.4 Å². The van der Waals surface area contributed by atoms with E-state index in [4.69, 9.17) is 14.9 Å². The van der Waals surface area contributed by atoms with Crippen molar-refractivity contribution in [3.8, 4) is 11.6 Å². The summed E-state index contributed by atoms with van der Waals surface area (Å²) in [5.41, 5.74) is 8.51. The van der Waals surface area contributed by atoms with Crippen molar-refractivity contribution in [2.24, 2.45) is 0 Å². The number of benzene rings is 1. The number of methoxy groups -OCH3 is 1. The van der Waals surface area contributed by atoms with Gasteiger partial charge in [-0.1, -0.05) is 0 Å². The van der Waals surface area contributed by atoms with Gasteiger partial charge in [0.25, 0.3) is 0 Å². The van der Waals surface area contributed by atoms with E-state index in [1.807, 2.05) is 0 Å². The van der Waals surface area contributed by atoms with E-state index in [2.05, 4.69) is 24.9 Å². The standard InChI is InChI=1S/C25H28FN9O3/c1-37-16-14-33-20-22(29-24(27)35-23(20)28-21(30-35)19-3-2-15-38-19)34(25(33)36)13-10-31-8-11-32(12-9-31)18-6-4-17(26)5-7-18/h2-7,15H,8-14,16H2,1H3,(H2,27,29). The smallest absolute Gasteiger partial charge is 0.330 e. The number of piperazine rings is 1. The SMILES string of the molecule is COCCn1c(=O)n(CCN2CCN(c3ccc(F)cc3)CC2)c2nc(N)n3nc(-c4ccco4)nc3c21. The number of rotatable bonds is 8. The van der Waals surface area contributed by atoms with Crippen LogP contribution in [0.2, 0.25) is 0 Å². The number of aromatic nitrogens is 6. The Morgan fingerprint density at radius 1 is 1.00 bits per heavy atom. The minimum atomic E-state index is -0.239. The first-order chi connectivity index (χ1) is 18.5. The average molecular weight is 522 g/mol. The van der Waals surface area contributed by atoms with Gasteiger partial charge in [-0.2, -0.15) is 9.50 Å². The van der Waals surface area contributed by atoms with Gasteiger partial charge in [0.1, 0.15) is 11.3 Å². The normalized spacial score (nSPS) is 14.7. The van der Waals surface area contributed by atoms with Crippen molar-refractivity contribution in [2.75, 3.05) is 57.1 Å². The van der Waals surface area contributed by atoms with E-state index in [9.17, 15) is 9.18 Å². The van der Waals surface area contributed by atoms with Gasteiger partial charge >= 0.3 is 5.69 Å². The van der Waals surface area contributed by atoms with Crippen molar-refractivity contribution in [1.29, 1.82) is 0 Å². The second-order valence-electron chi connectivity index (χ2n) is 9.17. The minimum Gasteiger partial charge on any atom is -0.461 e. The second-order valence-corrected chi connectivity index (χ2v) is 9.17. The average Bonchev–Trinajstić information content (AvgIpc) is 3.66.